The summed E-state index contributed by atoms with van der Waals surface area (Å²) in [6.45, 7) is 3.77. The van der Waals surface area contributed by atoms with Gasteiger partial charge in [-0.3, -0.25) is 9.78 Å². The first kappa shape index (κ1) is 15.3. The number of aromatic nitrogens is 1. The molecule has 2 aromatic rings. The van der Waals surface area contributed by atoms with E-state index in [0.29, 0.717) is 21.5 Å². The lowest BCUT2D eigenvalue weighted by atomic mass is 10.1. The van der Waals surface area contributed by atoms with Gasteiger partial charge < -0.3 is 5.32 Å². The minimum atomic E-state index is -0.0452. The summed E-state index contributed by atoms with van der Waals surface area (Å²) in [4.78, 5) is 16.7. The second-order valence-corrected chi connectivity index (χ2v) is 5.09. The quantitative estimate of drug-likeness (QED) is 0.879. The van der Waals surface area contributed by atoms with Crippen LogP contribution in [0.15, 0.2) is 47.0 Å². The molecule has 2 rings (SSSR count). The zero-order valence-electron chi connectivity index (χ0n) is 12.3. The standard InChI is InChI=1S/C17H17ClN2O/c1-4-14(19-3)7-5-12-6-8-16-15(17(21)11(12)2)9-13(18)10-20-16/h4-10,19H,1-3H3/b7-5-,14-4+. The average Bonchev–Trinajstić information content (AvgIpc) is 2.60. The minimum absolute atomic E-state index is 0.0452. The van der Waals surface area contributed by atoms with E-state index in [2.05, 4.69) is 10.3 Å². The fourth-order valence-corrected chi connectivity index (χ4v) is 2.23. The van der Waals surface area contributed by atoms with Crippen LogP contribution in [0.3, 0.4) is 0 Å². The third kappa shape index (κ3) is 3.31. The number of pyridine rings is 1. The molecular formula is C17H17ClN2O. The highest BCUT2D eigenvalue weighted by atomic mass is 35.5. The van der Waals surface area contributed by atoms with Crippen LogP contribution in [-0.2, 0) is 0 Å². The van der Waals surface area contributed by atoms with Gasteiger partial charge >= 0.3 is 0 Å². The minimum Gasteiger partial charge on any atom is -0.388 e. The van der Waals surface area contributed by atoms with Gasteiger partial charge in [-0.05, 0) is 37.6 Å². The molecule has 0 spiro atoms. The largest absolute Gasteiger partial charge is 0.388 e. The van der Waals surface area contributed by atoms with Gasteiger partial charge in [0.25, 0.3) is 0 Å². The van der Waals surface area contributed by atoms with Gasteiger partial charge in [-0.15, -0.1) is 0 Å². The number of nitrogens with zero attached hydrogens (tertiary/aromatic N) is 1. The van der Waals surface area contributed by atoms with E-state index in [1.165, 1.54) is 0 Å². The highest BCUT2D eigenvalue weighted by Gasteiger charge is 2.05. The van der Waals surface area contributed by atoms with Crippen molar-refractivity contribution in [3.8, 4) is 0 Å². The molecule has 1 aromatic heterocycles. The summed E-state index contributed by atoms with van der Waals surface area (Å²) in [6.07, 6.45) is 7.37. The summed E-state index contributed by atoms with van der Waals surface area (Å²) in [5, 5.41) is 4.08. The Balaban J connectivity index is 2.65. The molecule has 0 aliphatic rings. The maximum Gasteiger partial charge on any atom is 0.191 e. The van der Waals surface area contributed by atoms with Gasteiger partial charge in [0.2, 0.25) is 0 Å². The number of fused-ring (bicyclic) bond motifs is 1. The number of hydrogen-bond donors (Lipinski definition) is 1. The monoisotopic (exact) mass is 300 g/mol. The van der Waals surface area contributed by atoms with Crippen LogP contribution in [0.2, 0.25) is 5.02 Å². The molecule has 1 N–H and O–H groups in total. The van der Waals surface area contributed by atoms with Crippen molar-refractivity contribution in [1.29, 1.82) is 0 Å². The van der Waals surface area contributed by atoms with Gasteiger partial charge in [-0.1, -0.05) is 29.8 Å². The zero-order chi connectivity index (χ0) is 15.4. The Morgan fingerprint density at radius 2 is 2.14 bits per heavy atom. The van der Waals surface area contributed by atoms with Crippen LogP contribution in [0.25, 0.3) is 17.0 Å². The van der Waals surface area contributed by atoms with Gasteiger partial charge in [0.05, 0.1) is 10.5 Å². The van der Waals surface area contributed by atoms with E-state index in [-0.39, 0.29) is 5.43 Å². The molecule has 0 radical (unpaired) electrons. The third-order valence-corrected chi connectivity index (χ3v) is 3.57. The van der Waals surface area contributed by atoms with E-state index in [4.69, 9.17) is 11.6 Å². The molecule has 0 aliphatic heterocycles. The van der Waals surface area contributed by atoms with Crippen molar-refractivity contribution in [3.63, 3.8) is 0 Å². The van der Waals surface area contributed by atoms with Crippen LogP contribution in [0.4, 0.5) is 0 Å². The van der Waals surface area contributed by atoms with Gasteiger partial charge in [0.1, 0.15) is 0 Å². The summed E-state index contributed by atoms with van der Waals surface area (Å²) in [5.41, 5.74) is 3.13. The topological polar surface area (TPSA) is 42.0 Å². The van der Waals surface area contributed by atoms with Crippen molar-refractivity contribution in [2.75, 3.05) is 7.05 Å². The molecule has 0 atom stereocenters. The second kappa shape index (κ2) is 6.55. The average molecular weight is 301 g/mol. The van der Waals surface area contributed by atoms with Crippen molar-refractivity contribution in [2.24, 2.45) is 0 Å². The Morgan fingerprint density at radius 3 is 2.81 bits per heavy atom. The Morgan fingerprint density at radius 1 is 1.38 bits per heavy atom. The highest BCUT2D eigenvalue weighted by Crippen LogP contribution is 2.16. The lowest BCUT2D eigenvalue weighted by Gasteiger charge is -1.99. The van der Waals surface area contributed by atoms with Crippen molar-refractivity contribution < 1.29 is 0 Å². The first-order valence-electron chi connectivity index (χ1n) is 6.68. The molecule has 0 unspecified atom stereocenters. The van der Waals surface area contributed by atoms with E-state index in [9.17, 15) is 4.79 Å². The molecule has 0 saturated heterocycles. The predicted octanol–water partition coefficient (Wildman–Crippen LogP) is 3.69. The molecule has 4 heteroatoms. The molecule has 1 heterocycles. The fraction of sp³-hybridized carbons (Fsp3) is 0.176. The van der Waals surface area contributed by atoms with Gasteiger partial charge in [-0.25, -0.2) is 0 Å². The Hall–Kier alpha value is -2.13. The van der Waals surface area contributed by atoms with E-state index in [0.717, 1.165) is 11.3 Å². The van der Waals surface area contributed by atoms with Crippen LogP contribution in [0.1, 0.15) is 18.1 Å². The number of allylic oxidation sites excluding steroid dienone is 2. The zero-order valence-corrected chi connectivity index (χ0v) is 13.0. The lowest BCUT2D eigenvalue weighted by Crippen LogP contribution is -2.04. The van der Waals surface area contributed by atoms with E-state index in [1.54, 1.807) is 12.3 Å². The summed E-state index contributed by atoms with van der Waals surface area (Å²) in [6, 6.07) is 5.41. The molecule has 0 bridgehead atoms. The smallest absolute Gasteiger partial charge is 0.191 e. The molecule has 0 amide bonds. The summed E-state index contributed by atoms with van der Waals surface area (Å²) in [7, 11) is 1.86. The molecular weight excluding hydrogens is 284 g/mol. The van der Waals surface area contributed by atoms with Crippen molar-refractivity contribution >= 4 is 28.6 Å². The molecule has 0 saturated carbocycles. The van der Waals surface area contributed by atoms with E-state index < -0.39 is 0 Å². The second-order valence-electron chi connectivity index (χ2n) is 4.66. The number of hydrogen-bond acceptors (Lipinski definition) is 3. The molecule has 108 valence electrons. The molecule has 21 heavy (non-hydrogen) atoms. The van der Waals surface area contributed by atoms with Crippen LogP contribution in [0, 0.1) is 6.92 Å². The number of rotatable bonds is 3. The van der Waals surface area contributed by atoms with E-state index >= 15 is 0 Å². The summed E-state index contributed by atoms with van der Waals surface area (Å²) < 4.78 is 0. The molecule has 3 nitrogen and oxygen atoms in total. The molecule has 0 fully saturated rings. The third-order valence-electron chi connectivity index (χ3n) is 3.37. The van der Waals surface area contributed by atoms with Crippen molar-refractivity contribution in [2.45, 2.75) is 13.8 Å². The van der Waals surface area contributed by atoms with Gasteiger partial charge in [0, 0.05) is 29.9 Å². The summed E-state index contributed by atoms with van der Waals surface area (Å²) in [5.74, 6) is 0. The Labute approximate surface area is 129 Å². The van der Waals surface area contributed by atoms with Crippen LogP contribution < -0.4 is 10.7 Å². The Kier molecular flexibility index (Phi) is 4.76. The number of likely N-dealkylation sites (N-methyl/N-ethyl adjacent to an activating group) is 1. The predicted molar refractivity (Wildman–Crippen MR) is 89.6 cm³/mol. The van der Waals surface area contributed by atoms with Gasteiger partial charge in [-0.2, -0.15) is 0 Å². The SMILES string of the molecule is C/C=C(\C=C/c1ccc2ncc(Cl)cc2c(=O)c1C)NC. The highest BCUT2D eigenvalue weighted by molar-refractivity contribution is 6.31. The fourth-order valence-electron chi connectivity index (χ4n) is 2.08. The Bertz CT molecular complexity index is 795. The molecule has 0 aliphatic carbocycles. The number of nitrogens with one attached hydrogen (secondary N) is 1. The number of halogens is 1. The van der Waals surface area contributed by atoms with Crippen LogP contribution in [0.5, 0.6) is 0 Å². The van der Waals surface area contributed by atoms with Crippen LogP contribution in [-0.4, -0.2) is 12.0 Å². The van der Waals surface area contributed by atoms with E-state index in [1.807, 2.05) is 51.3 Å². The van der Waals surface area contributed by atoms with Crippen molar-refractivity contribution in [3.05, 3.63) is 68.6 Å². The maximum absolute atomic E-state index is 12.5. The lowest BCUT2D eigenvalue weighted by molar-refractivity contribution is 1.03. The first-order valence-corrected chi connectivity index (χ1v) is 7.06. The summed E-state index contributed by atoms with van der Waals surface area (Å²) >= 11 is 5.94. The van der Waals surface area contributed by atoms with Gasteiger partial charge in [0.15, 0.2) is 5.43 Å². The molecule has 1 aromatic carbocycles. The maximum atomic E-state index is 12.5. The van der Waals surface area contributed by atoms with Crippen LogP contribution >= 0.6 is 11.6 Å². The first-order chi connectivity index (χ1) is 10.1. The normalized spacial score (nSPS) is 12.1. The van der Waals surface area contributed by atoms with Crippen molar-refractivity contribution in [1.82, 2.24) is 10.3 Å².